The molecule has 19 heteroatoms. The fraction of sp³-hybridized carbons (Fsp3) is 0.600. The zero-order chi connectivity index (χ0) is 32.9. The Hall–Kier alpha value is -4.00. The zero-order valence-corrected chi connectivity index (χ0v) is 24.2. The van der Waals surface area contributed by atoms with Crippen LogP contribution in [0.25, 0.3) is 5.65 Å². The fourth-order valence-electron chi connectivity index (χ4n) is 3.79. The number of hydrogen-bond donors (Lipinski definition) is 2. The van der Waals surface area contributed by atoms with Crippen LogP contribution < -0.4 is 11.1 Å². The molecule has 1 aliphatic heterocycles. The number of nitrogens with two attached hydrogens (primary N) is 1. The molecule has 0 aromatic carbocycles. The lowest BCUT2D eigenvalue weighted by Crippen LogP contribution is -2.42. The van der Waals surface area contributed by atoms with E-state index < -0.39 is 42.5 Å². The molecule has 13 nitrogen and oxygen atoms in total. The molecule has 0 bridgehead atoms. The van der Waals surface area contributed by atoms with E-state index in [1.165, 1.54) is 16.9 Å². The second-order valence-electron chi connectivity index (χ2n) is 10.5. The summed E-state index contributed by atoms with van der Waals surface area (Å²) in [4.78, 5) is 27.7. The molecule has 3 amide bonds. The van der Waals surface area contributed by atoms with Gasteiger partial charge in [0.1, 0.15) is 11.7 Å². The number of carbonyl (C=O) groups is 2. The number of ether oxygens (including phenoxy) is 2. The molecule has 1 unspecified atom stereocenters. The van der Waals surface area contributed by atoms with Crippen LogP contribution in [0.15, 0.2) is 23.1 Å². The molecule has 3 aromatic heterocycles. The van der Waals surface area contributed by atoms with Crippen LogP contribution in [0.1, 0.15) is 60.0 Å². The number of methoxy groups -OCH3 is 1. The van der Waals surface area contributed by atoms with Gasteiger partial charge in [-0.3, -0.25) is 4.79 Å². The van der Waals surface area contributed by atoms with Gasteiger partial charge in [-0.15, -0.1) is 0 Å². The maximum Gasteiger partial charge on any atom is 0.416 e. The third-order valence-corrected chi connectivity index (χ3v) is 6.40. The summed E-state index contributed by atoms with van der Waals surface area (Å²) in [5, 5.41) is 13.0. The van der Waals surface area contributed by atoms with E-state index in [4.69, 9.17) is 10.5 Å². The van der Waals surface area contributed by atoms with Gasteiger partial charge >= 0.3 is 18.4 Å². The van der Waals surface area contributed by atoms with Gasteiger partial charge in [0, 0.05) is 33.1 Å². The Morgan fingerprint density at radius 2 is 1.82 bits per heavy atom. The summed E-state index contributed by atoms with van der Waals surface area (Å²) in [6.07, 6.45) is -3.92. The van der Waals surface area contributed by atoms with Crippen molar-refractivity contribution in [3.8, 4) is 0 Å². The van der Waals surface area contributed by atoms with Gasteiger partial charge in [0.2, 0.25) is 0 Å². The Morgan fingerprint density at radius 1 is 1.16 bits per heavy atom. The highest BCUT2D eigenvalue weighted by molar-refractivity contribution is 5.91. The number of fused-ring (bicyclic) bond motifs is 1. The minimum Gasteiger partial charge on any atom is -0.388 e. The first-order valence-electron chi connectivity index (χ1n) is 13.1. The van der Waals surface area contributed by atoms with Crippen LogP contribution in [-0.2, 0) is 22.4 Å². The van der Waals surface area contributed by atoms with Crippen LogP contribution in [0.5, 0.6) is 0 Å². The van der Waals surface area contributed by atoms with E-state index in [-0.39, 0.29) is 25.3 Å². The van der Waals surface area contributed by atoms with Crippen molar-refractivity contribution in [2.24, 2.45) is 5.73 Å². The molecule has 3 aromatic rings. The van der Waals surface area contributed by atoms with Gasteiger partial charge in [0.15, 0.2) is 16.9 Å². The Labute approximate surface area is 247 Å². The van der Waals surface area contributed by atoms with E-state index in [0.29, 0.717) is 28.5 Å². The third kappa shape index (κ3) is 9.01. The van der Waals surface area contributed by atoms with Gasteiger partial charge in [-0.05, 0) is 43.5 Å². The summed E-state index contributed by atoms with van der Waals surface area (Å²) >= 11 is 0. The summed E-state index contributed by atoms with van der Waals surface area (Å²) < 4.78 is 91.7. The lowest BCUT2D eigenvalue weighted by atomic mass is 10.1. The smallest absolute Gasteiger partial charge is 0.388 e. The molecule has 1 saturated carbocycles. The average molecular weight is 639 g/mol. The Kier molecular flexibility index (Phi) is 10.8. The van der Waals surface area contributed by atoms with Gasteiger partial charge in [-0.1, -0.05) is 5.16 Å². The van der Waals surface area contributed by atoms with Crippen LogP contribution in [0.4, 0.5) is 31.1 Å². The number of imidazole rings is 1. The fourth-order valence-corrected chi connectivity index (χ4v) is 3.79. The van der Waals surface area contributed by atoms with Gasteiger partial charge in [0.05, 0.1) is 31.2 Å². The first-order valence-corrected chi connectivity index (χ1v) is 13.1. The number of amides is 3. The number of nitrogens with zero attached hydrogens (tertiary/aromatic N) is 6. The normalized spacial score (nSPS) is 17.1. The molecular formula is C25H32F6N8O5. The van der Waals surface area contributed by atoms with Crippen molar-refractivity contribution in [2.75, 3.05) is 27.4 Å². The van der Waals surface area contributed by atoms with Gasteiger partial charge in [-0.25, -0.2) is 18.9 Å². The van der Waals surface area contributed by atoms with Crippen molar-refractivity contribution < 1.29 is 50.0 Å². The average Bonchev–Trinajstić information content (AvgIpc) is 3.30. The summed E-state index contributed by atoms with van der Waals surface area (Å²) in [6.45, 7) is 1.05. The van der Waals surface area contributed by atoms with E-state index in [2.05, 4.69) is 29.8 Å². The molecule has 0 spiro atoms. The standard InChI is InChI=1S/C17H19F6N5O2.C6H7N3O2.C2H6O/c1-15(2,17(21,22)23)30-4-3-11-8-28-13(25-11)5-10(6-24-28)7-27-9-12(16(18,19)20)26-14(27)29;7-6(10)5-4(3-1-2-3)8-11-9-5;1-3-2/h5-6,8,12H,3-4,7,9H2,1-2H3,(H,26,29);3H,1-2H2,(H2,7,10);1-2H3. The number of urea groups is 1. The van der Waals surface area contributed by atoms with Crippen LogP contribution in [-0.4, -0.2) is 93.1 Å². The first-order chi connectivity index (χ1) is 20.5. The van der Waals surface area contributed by atoms with Crippen LogP contribution in [0, 0.1) is 0 Å². The molecule has 2 fully saturated rings. The molecule has 3 N–H and O–H groups in total. The van der Waals surface area contributed by atoms with Gasteiger partial charge < -0.3 is 25.4 Å². The lowest BCUT2D eigenvalue weighted by Gasteiger charge is -2.27. The lowest BCUT2D eigenvalue weighted by molar-refractivity contribution is -0.263. The molecule has 44 heavy (non-hydrogen) atoms. The maximum atomic E-state index is 12.8. The predicted octanol–water partition coefficient (Wildman–Crippen LogP) is 3.39. The predicted molar refractivity (Wildman–Crippen MR) is 139 cm³/mol. The zero-order valence-electron chi connectivity index (χ0n) is 24.2. The first kappa shape index (κ1) is 34.5. The number of nitrogens with one attached hydrogen (secondary N) is 1. The number of carbonyl (C=O) groups excluding carboxylic acids is 2. The van der Waals surface area contributed by atoms with Crippen molar-refractivity contribution in [1.82, 2.24) is 35.1 Å². The summed E-state index contributed by atoms with van der Waals surface area (Å²) in [5.74, 6) is -0.211. The van der Waals surface area contributed by atoms with Crippen molar-refractivity contribution >= 4 is 17.6 Å². The summed E-state index contributed by atoms with van der Waals surface area (Å²) in [6, 6.07) is -1.21. The number of hydrogen-bond acceptors (Lipinski definition) is 9. The molecule has 5 rings (SSSR count). The van der Waals surface area contributed by atoms with Crippen molar-refractivity contribution in [2.45, 2.75) is 69.6 Å². The molecule has 2 aliphatic rings. The molecule has 1 atom stereocenters. The monoisotopic (exact) mass is 638 g/mol. The second-order valence-corrected chi connectivity index (χ2v) is 10.5. The van der Waals surface area contributed by atoms with E-state index in [0.717, 1.165) is 31.6 Å². The number of aromatic nitrogens is 5. The van der Waals surface area contributed by atoms with Crippen molar-refractivity contribution in [3.05, 3.63) is 41.1 Å². The van der Waals surface area contributed by atoms with Crippen LogP contribution in [0.3, 0.4) is 0 Å². The highest BCUT2D eigenvalue weighted by atomic mass is 19.4. The largest absolute Gasteiger partial charge is 0.416 e. The van der Waals surface area contributed by atoms with E-state index >= 15 is 0 Å². The third-order valence-electron chi connectivity index (χ3n) is 6.40. The van der Waals surface area contributed by atoms with Crippen molar-refractivity contribution in [1.29, 1.82) is 0 Å². The highest BCUT2D eigenvalue weighted by Gasteiger charge is 2.48. The van der Waals surface area contributed by atoms with Crippen LogP contribution >= 0.6 is 0 Å². The van der Waals surface area contributed by atoms with Gasteiger partial charge in [0.25, 0.3) is 5.91 Å². The van der Waals surface area contributed by atoms with E-state index in [1.54, 1.807) is 20.3 Å². The molecular weight excluding hydrogens is 606 g/mol. The SMILES string of the molecule is CC(C)(OCCc1cn2ncc(CN3CC(C(F)(F)F)NC3=O)cc2n1)C(F)(F)F.COC.NC(=O)c1nonc1C1CC1. The minimum atomic E-state index is -4.53. The Bertz CT molecular complexity index is 1420. The number of alkyl halides is 6. The van der Waals surface area contributed by atoms with Gasteiger partial charge in [-0.2, -0.15) is 31.4 Å². The molecule has 0 radical (unpaired) electrons. The molecule has 1 aliphatic carbocycles. The second kappa shape index (κ2) is 13.7. The number of primary amides is 1. The highest BCUT2D eigenvalue weighted by Crippen LogP contribution is 2.40. The Balaban J connectivity index is 0.000000310. The topological polar surface area (TPSA) is 163 Å². The quantitative estimate of drug-likeness (QED) is 0.352. The van der Waals surface area contributed by atoms with Crippen LogP contribution in [0.2, 0.25) is 0 Å². The number of halogens is 6. The minimum absolute atomic E-state index is 0.0903. The summed E-state index contributed by atoms with van der Waals surface area (Å²) in [7, 11) is 3.25. The molecule has 1 saturated heterocycles. The van der Waals surface area contributed by atoms with Crippen molar-refractivity contribution in [3.63, 3.8) is 0 Å². The Morgan fingerprint density at radius 3 is 2.36 bits per heavy atom. The molecule has 4 heterocycles. The summed E-state index contributed by atoms with van der Waals surface area (Å²) in [5.41, 5.74) is 4.80. The maximum absolute atomic E-state index is 12.8. The van der Waals surface area contributed by atoms with E-state index in [9.17, 15) is 35.9 Å². The number of rotatable bonds is 8. The van der Waals surface area contributed by atoms with E-state index in [1.807, 2.05) is 5.32 Å². The molecule has 244 valence electrons.